The summed E-state index contributed by atoms with van der Waals surface area (Å²) in [5, 5.41) is 2.62. The zero-order chi connectivity index (χ0) is 48.7. The van der Waals surface area contributed by atoms with E-state index in [0.717, 1.165) is 0 Å². The van der Waals surface area contributed by atoms with E-state index < -0.39 is 0 Å². The third kappa shape index (κ3) is 83.4. The smallest absolute Gasteiger partial charge is 0.0184 e. The van der Waals surface area contributed by atoms with Crippen LogP contribution in [0.15, 0.2) is 231 Å². The predicted octanol–water partition coefficient (Wildman–Crippen LogP) is 21.9. The van der Waals surface area contributed by atoms with E-state index in [0.29, 0.717) is 0 Å². The van der Waals surface area contributed by atoms with Gasteiger partial charge in [-0.3, -0.25) is 0 Å². The second-order valence-corrected chi connectivity index (χ2v) is 8.83. The molecule has 344 valence electrons. The van der Waals surface area contributed by atoms with E-state index in [2.05, 4.69) is 62.4 Å². The number of benzene rings is 7. The molecule has 7 aromatic rings. The first-order valence-corrected chi connectivity index (χ1v) is 23.8. The monoisotopic (exact) mass is 833 g/mol. The van der Waals surface area contributed by atoms with Gasteiger partial charge >= 0.3 is 0 Å². The Balaban J connectivity index is -0.0000000704. The van der Waals surface area contributed by atoms with E-state index in [9.17, 15) is 0 Å². The van der Waals surface area contributed by atoms with Crippen molar-refractivity contribution in [3.05, 3.63) is 231 Å². The first-order chi connectivity index (χ1) is 30.4. The second kappa shape index (κ2) is 100. The van der Waals surface area contributed by atoms with Crippen LogP contribution in [0.2, 0.25) is 0 Å². The number of hydrogen-bond donors (Lipinski definition) is 0. The van der Waals surface area contributed by atoms with Gasteiger partial charge in [0.2, 0.25) is 0 Å². The Morgan fingerprint density at radius 1 is 0.164 bits per heavy atom. The Morgan fingerprint density at radius 2 is 0.230 bits per heavy atom. The lowest BCUT2D eigenvalue weighted by molar-refractivity contribution is 1.09. The zero-order valence-corrected chi connectivity index (χ0v) is 43.6. The molecule has 0 aliphatic rings. The summed E-state index contributed by atoms with van der Waals surface area (Å²) in [5.41, 5.74) is 0. The quantitative estimate of drug-likeness (QED) is 0.143. The molecule has 0 unspecified atom stereocenters. The molecule has 7 rings (SSSR count). The van der Waals surface area contributed by atoms with Crippen LogP contribution in [0.25, 0.3) is 10.8 Å². The molecule has 0 atom stereocenters. The summed E-state index contributed by atoms with van der Waals surface area (Å²) in [6.07, 6.45) is 1.25. The maximum atomic E-state index is 2.12. The molecule has 61 heavy (non-hydrogen) atoms. The Morgan fingerprint density at radius 3 is 0.295 bits per heavy atom. The van der Waals surface area contributed by atoms with E-state index in [1.165, 1.54) is 17.2 Å². The zero-order valence-electron chi connectivity index (χ0n) is 43.6. The van der Waals surface area contributed by atoms with E-state index >= 15 is 0 Å². The van der Waals surface area contributed by atoms with Crippen LogP contribution in [0.1, 0.15) is 145 Å². The molecule has 0 nitrogen and oxygen atoms in total. The van der Waals surface area contributed by atoms with Crippen molar-refractivity contribution < 1.29 is 0 Å². The van der Waals surface area contributed by atoms with Gasteiger partial charge in [0.1, 0.15) is 0 Å². The van der Waals surface area contributed by atoms with Crippen LogP contribution in [0.4, 0.5) is 0 Å². The van der Waals surface area contributed by atoms with E-state index in [4.69, 9.17) is 0 Å². The Hall–Kier alpha value is -5.20. The molecule has 0 saturated heterocycles. The van der Waals surface area contributed by atoms with Gasteiger partial charge < -0.3 is 0 Å². The minimum absolute atomic E-state index is 1.25. The third-order valence-electron chi connectivity index (χ3n) is 4.99. The van der Waals surface area contributed by atoms with Crippen molar-refractivity contribution in [2.24, 2.45) is 0 Å². The number of hydrogen-bond acceptors (Lipinski definition) is 0. The van der Waals surface area contributed by atoms with Gasteiger partial charge in [0.15, 0.2) is 0 Å². The van der Waals surface area contributed by atoms with Gasteiger partial charge in [0.05, 0.1) is 0 Å². The van der Waals surface area contributed by atoms with E-state index in [1.807, 2.05) is 307 Å². The van der Waals surface area contributed by atoms with Gasteiger partial charge in [-0.05, 0) is 10.8 Å². The minimum atomic E-state index is 1.25. The summed E-state index contributed by atoms with van der Waals surface area (Å²) < 4.78 is 0. The molecule has 0 spiro atoms. The van der Waals surface area contributed by atoms with Crippen molar-refractivity contribution in [3.8, 4) is 0 Å². The molecular formula is C61H100. The van der Waals surface area contributed by atoms with Crippen molar-refractivity contribution >= 4 is 10.8 Å². The standard InChI is InChI=1S/C10H8.5C6H6.C3H8.9C2H6/c1-2-6-10-8-4-3-7-9(10)5-1;5*1-2-4-6-5-3-1;1-3-2;9*1-2/h1-8H;5*1-6H;3H2,1-2H3;9*1-2H3. The lowest BCUT2D eigenvalue weighted by Gasteiger charge is -1.92. The molecule has 0 fully saturated rings. The van der Waals surface area contributed by atoms with Crippen LogP contribution in [0, 0.1) is 0 Å². The molecule has 0 N–H and O–H groups in total. The van der Waals surface area contributed by atoms with Crippen LogP contribution in [-0.2, 0) is 0 Å². The van der Waals surface area contributed by atoms with Crippen LogP contribution in [0.3, 0.4) is 0 Å². The average molecular weight is 833 g/mol. The van der Waals surface area contributed by atoms with Crippen LogP contribution >= 0.6 is 0 Å². The fourth-order valence-corrected chi connectivity index (χ4v) is 3.06. The largest absolute Gasteiger partial charge is 0.0683 e. The molecule has 0 radical (unpaired) electrons. The van der Waals surface area contributed by atoms with Crippen LogP contribution < -0.4 is 0 Å². The van der Waals surface area contributed by atoms with Crippen LogP contribution in [0.5, 0.6) is 0 Å². The maximum absolute atomic E-state index is 2.12. The van der Waals surface area contributed by atoms with Crippen molar-refractivity contribution in [1.82, 2.24) is 0 Å². The number of rotatable bonds is 0. The first-order valence-electron chi connectivity index (χ1n) is 23.8. The molecule has 7 aromatic carbocycles. The minimum Gasteiger partial charge on any atom is -0.0683 e. The second-order valence-electron chi connectivity index (χ2n) is 8.83. The van der Waals surface area contributed by atoms with Crippen molar-refractivity contribution in [2.45, 2.75) is 145 Å². The maximum Gasteiger partial charge on any atom is -0.0184 e. The van der Waals surface area contributed by atoms with Crippen molar-refractivity contribution in [2.75, 3.05) is 0 Å². The fraction of sp³-hybridized carbons (Fsp3) is 0.344. The highest BCUT2D eigenvalue weighted by Gasteiger charge is 1.85. The third-order valence-corrected chi connectivity index (χ3v) is 4.99. The van der Waals surface area contributed by atoms with Gasteiger partial charge in [-0.25, -0.2) is 0 Å². The lowest BCUT2D eigenvalue weighted by atomic mass is 10.1. The molecule has 0 heterocycles. The molecule has 0 heteroatoms. The summed E-state index contributed by atoms with van der Waals surface area (Å²) in [6.45, 7) is 40.2. The van der Waals surface area contributed by atoms with Crippen LogP contribution in [-0.4, -0.2) is 0 Å². The molecule has 0 aliphatic heterocycles. The predicted molar refractivity (Wildman–Crippen MR) is 294 cm³/mol. The van der Waals surface area contributed by atoms with E-state index in [-0.39, 0.29) is 0 Å². The Labute approximate surface area is 384 Å². The highest BCUT2D eigenvalue weighted by molar-refractivity contribution is 5.82. The summed E-state index contributed by atoms with van der Waals surface area (Å²) in [6, 6.07) is 76.7. The molecule has 0 aromatic heterocycles. The molecular weight excluding hydrogens is 733 g/mol. The van der Waals surface area contributed by atoms with Crippen molar-refractivity contribution in [1.29, 1.82) is 0 Å². The molecule has 0 aliphatic carbocycles. The van der Waals surface area contributed by atoms with E-state index in [1.54, 1.807) is 0 Å². The summed E-state index contributed by atoms with van der Waals surface area (Å²) in [5.74, 6) is 0. The highest BCUT2D eigenvalue weighted by atomic mass is 13.9. The van der Waals surface area contributed by atoms with Gasteiger partial charge in [0, 0.05) is 0 Å². The Bertz CT molecular complexity index is 1030. The molecule has 0 amide bonds. The van der Waals surface area contributed by atoms with Gasteiger partial charge in [-0.2, -0.15) is 0 Å². The molecule has 0 saturated carbocycles. The fourth-order valence-electron chi connectivity index (χ4n) is 3.06. The summed E-state index contributed by atoms with van der Waals surface area (Å²) >= 11 is 0. The molecule has 0 bridgehead atoms. The van der Waals surface area contributed by atoms with Crippen molar-refractivity contribution in [3.63, 3.8) is 0 Å². The SMILES string of the molecule is CC.CC.CC.CC.CC.CC.CC.CC.CC.CCC.c1ccc2ccccc2c1.c1ccccc1.c1ccccc1.c1ccccc1.c1ccccc1.c1ccccc1. The Kier molecular flexibility index (Phi) is 126. The highest BCUT2D eigenvalue weighted by Crippen LogP contribution is 2.11. The van der Waals surface area contributed by atoms with Gasteiger partial charge in [-0.15, -0.1) is 0 Å². The number of fused-ring (bicyclic) bond motifs is 1. The normalized spacial score (nSPS) is 6.75. The van der Waals surface area contributed by atoms with Gasteiger partial charge in [0.25, 0.3) is 0 Å². The summed E-state index contributed by atoms with van der Waals surface area (Å²) in [7, 11) is 0. The summed E-state index contributed by atoms with van der Waals surface area (Å²) in [4.78, 5) is 0. The average Bonchev–Trinajstić information content (AvgIpc) is 3.43. The van der Waals surface area contributed by atoms with Gasteiger partial charge in [-0.1, -0.05) is 375 Å². The first kappa shape index (κ1) is 76.5. The lowest BCUT2D eigenvalue weighted by Crippen LogP contribution is -1.67. The topological polar surface area (TPSA) is 0 Å².